The van der Waals surface area contributed by atoms with Crippen LogP contribution in [-0.4, -0.2) is 0 Å². The summed E-state index contributed by atoms with van der Waals surface area (Å²) < 4.78 is 3.83. The minimum Gasteiger partial charge on any atom is -0.186 e. The lowest BCUT2D eigenvalue weighted by Gasteiger charge is -1.93. The van der Waals surface area contributed by atoms with E-state index in [0.717, 1.165) is 6.54 Å². The van der Waals surface area contributed by atoms with E-state index in [2.05, 4.69) is 43.5 Å². The number of fused-ring (bicyclic) bond motifs is 1. The molecule has 0 amide bonds. The van der Waals surface area contributed by atoms with Crippen molar-refractivity contribution in [3.8, 4) is 0 Å². The number of rotatable bonds is 2. The van der Waals surface area contributed by atoms with Crippen LogP contribution in [0.2, 0.25) is 0 Å². The molecule has 0 saturated carbocycles. The lowest BCUT2D eigenvalue weighted by molar-refractivity contribution is -0.672. The maximum atomic E-state index is 2.42. The molecule has 1 nitrogen and oxygen atoms in total. The standard InChI is InChI=1S/C12H16NS/c1-4-7-13-10(3)14-12-8-9(2)5-6-11(12)13/h5-6,8H,4,7H2,1-3H3/q+1. The quantitative estimate of drug-likeness (QED) is 0.664. The van der Waals surface area contributed by atoms with Crippen LogP contribution >= 0.6 is 11.3 Å². The van der Waals surface area contributed by atoms with Crippen molar-refractivity contribution < 1.29 is 4.57 Å². The highest BCUT2D eigenvalue weighted by atomic mass is 32.1. The van der Waals surface area contributed by atoms with Gasteiger partial charge in [-0.1, -0.05) is 24.3 Å². The van der Waals surface area contributed by atoms with Crippen LogP contribution in [0.5, 0.6) is 0 Å². The van der Waals surface area contributed by atoms with Gasteiger partial charge in [-0.3, -0.25) is 0 Å². The summed E-state index contributed by atoms with van der Waals surface area (Å²) >= 11 is 1.90. The second kappa shape index (κ2) is 3.70. The van der Waals surface area contributed by atoms with Gasteiger partial charge in [0, 0.05) is 19.4 Å². The van der Waals surface area contributed by atoms with Crippen LogP contribution in [-0.2, 0) is 6.54 Å². The molecule has 0 bridgehead atoms. The van der Waals surface area contributed by atoms with Gasteiger partial charge in [0.05, 0.1) is 0 Å². The van der Waals surface area contributed by atoms with E-state index >= 15 is 0 Å². The number of hydrogen-bond acceptors (Lipinski definition) is 1. The zero-order valence-corrected chi connectivity index (χ0v) is 9.82. The lowest BCUT2D eigenvalue weighted by atomic mass is 10.2. The molecule has 2 rings (SSSR count). The Morgan fingerprint density at radius 3 is 2.79 bits per heavy atom. The van der Waals surface area contributed by atoms with Crippen LogP contribution in [0.3, 0.4) is 0 Å². The first kappa shape index (κ1) is 9.66. The Balaban J connectivity index is 2.64. The van der Waals surface area contributed by atoms with Crippen LogP contribution in [0.4, 0.5) is 0 Å². The van der Waals surface area contributed by atoms with E-state index in [0.29, 0.717) is 0 Å². The molecule has 2 heteroatoms. The fraction of sp³-hybridized carbons (Fsp3) is 0.417. The number of nitrogens with zero attached hydrogens (tertiary/aromatic N) is 1. The molecule has 0 atom stereocenters. The highest BCUT2D eigenvalue weighted by Crippen LogP contribution is 2.21. The van der Waals surface area contributed by atoms with Crippen LogP contribution in [0.15, 0.2) is 18.2 Å². The van der Waals surface area contributed by atoms with Crippen molar-refractivity contribution >= 4 is 21.6 Å². The van der Waals surface area contributed by atoms with Crippen LogP contribution < -0.4 is 4.57 Å². The number of benzene rings is 1. The smallest absolute Gasteiger partial charge is 0.186 e. The molecule has 1 aromatic carbocycles. The molecule has 14 heavy (non-hydrogen) atoms. The molecule has 1 heterocycles. The number of hydrogen-bond donors (Lipinski definition) is 0. The monoisotopic (exact) mass is 206 g/mol. The summed E-state index contributed by atoms with van der Waals surface area (Å²) in [5, 5.41) is 1.41. The summed E-state index contributed by atoms with van der Waals surface area (Å²) in [6.45, 7) is 7.72. The third kappa shape index (κ3) is 1.55. The molecular weight excluding hydrogens is 190 g/mol. The molecule has 0 aliphatic carbocycles. The molecule has 0 radical (unpaired) electrons. The van der Waals surface area contributed by atoms with Gasteiger partial charge in [-0.15, -0.1) is 0 Å². The number of thiazole rings is 1. The Bertz CT molecular complexity index is 457. The van der Waals surface area contributed by atoms with Crippen molar-refractivity contribution in [3.05, 3.63) is 28.8 Å². The SMILES string of the molecule is CCC[n+]1c(C)sc2cc(C)ccc21. The summed E-state index contributed by atoms with van der Waals surface area (Å²) in [5.41, 5.74) is 2.74. The van der Waals surface area contributed by atoms with Gasteiger partial charge in [0.2, 0.25) is 10.5 Å². The average molecular weight is 206 g/mol. The van der Waals surface area contributed by atoms with Crippen molar-refractivity contribution in [1.82, 2.24) is 0 Å². The largest absolute Gasteiger partial charge is 0.235 e. The highest BCUT2D eigenvalue weighted by Gasteiger charge is 2.15. The first-order valence-electron chi connectivity index (χ1n) is 5.12. The second-order valence-electron chi connectivity index (χ2n) is 3.74. The fourth-order valence-electron chi connectivity index (χ4n) is 1.81. The van der Waals surface area contributed by atoms with Crippen LogP contribution in [0, 0.1) is 13.8 Å². The van der Waals surface area contributed by atoms with E-state index < -0.39 is 0 Å². The predicted octanol–water partition coefficient (Wildman–Crippen LogP) is 3.22. The van der Waals surface area contributed by atoms with Gasteiger partial charge in [0.15, 0.2) is 0 Å². The fourth-order valence-corrected chi connectivity index (χ4v) is 2.96. The van der Waals surface area contributed by atoms with E-state index in [1.165, 1.54) is 27.2 Å². The third-order valence-corrected chi connectivity index (χ3v) is 3.55. The predicted molar refractivity (Wildman–Crippen MR) is 61.8 cm³/mol. The molecule has 0 unspecified atom stereocenters. The maximum Gasteiger partial charge on any atom is 0.235 e. The minimum atomic E-state index is 1.13. The van der Waals surface area contributed by atoms with Gasteiger partial charge in [0.25, 0.3) is 0 Å². The van der Waals surface area contributed by atoms with E-state index in [1.54, 1.807) is 0 Å². The summed E-state index contributed by atoms with van der Waals surface area (Å²) in [5.74, 6) is 0. The Morgan fingerprint density at radius 1 is 1.29 bits per heavy atom. The van der Waals surface area contributed by atoms with Crippen LogP contribution in [0.25, 0.3) is 10.2 Å². The molecule has 0 N–H and O–H groups in total. The van der Waals surface area contributed by atoms with Crippen molar-refractivity contribution in [2.24, 2.45) is 0 Å². The second-order valence-corrected chi connectivity index (χ2v) is 4.98. The van der Waals surface area contributed by atoms with E-state index in [-0.39, 0.29) is 0 Å². The van der Waals surface area contributed by atoms with Gasteiger partial charge >= 0.3 is 0 Å². The zero-order chi connectivity index (χ0) is 10.1. The van der Waals surface area contributed by atoms with Crippen molar-refractivity contribution in [2.75, 3.05) is 0 Å². The van der Waals surface area contributed by atoms with Crippen molar-refractivity contribution in [1.29, 1.82) is 0 Å². The first-order valence-corrected chi connectivity index (χ1v) is 5.93. The van der Waals surface area contributed by atoms with Crippen LogP contribution in [0.1, 0.15) is 23.9 Å². The van der Waals surface area contributed by atoms with Gasteiger partial charge < -0.3 is 0 Å². The molecular formula is C12H16NS+. The zero-order valence-electron chi connectivity index (χ0n) is 9.00. The summed E-state index contributed by atoms with van der Waals surface area (Å²) in [6.07, 6.45) is 1.20. The molecule has 0 aliphatic heterocycles. The minimum absolute atomic E-state index is 1.13. The number of aryl methyl sites for hydroxylation is 3. The van der Waals surface area contributed by atoms with Gasteiger partial charge in [-0.25, -0.2) is 0 Å². The summed E-state index contributed by atoms with van der Waals surface area (Å²) in [6, 6.07) is 6.71. The Labute approximate surface area is 89.0 Å². The summed E-state index contributed by atoms with van der Waals surface area (Å²) in [4.78, 5) is 0. The van der Waals surface area contributed by atoms with E-state index in [9.17, 15) is 0 Å². The molecule has 1 aromatic heterocycles. The molecule has 0 spiro atoms. The highest BCUT2D eigenvalue weighted by molar-refractivity contribution is 7.18. The van der Waals surface area contributed by atoms with Gasteiger partial charge in [0.1, 0.15) is 11.2 Å². The lowest BCUT2D eigenvalue weighted by Crippen LogP contribution is -2.34. The van der Waals surface area contributed by atoms with Gasteiger partial charge in [-0.05, 0) is 18.6 Å². The maximum absolute atomic E-state index is 2.42. The van der Waals surface area contributed by atoms with E-state index in [1.807, 2.05) is 11.3 Å². The van der Waals surface area contributed by atoms with E-state index in [4.69, 9.17) is 0 Å². The average Bonchev–Trinajstić information content (AvgIpc) is 2.43. The normalized spacial score (nSPS) is 11.1. The molecule has 2 aromatic rings. The van der Waals surface area contributed by atoms with Crippen molar-refractivity contribution in [2.45, 2.75) is 33.7 Å². The van der Waals surface area contributed by atoms with Gasteiger partial charge in [-0.2, -0.15) is 4.57 Å². The van der Waals surface area contributed by atoms with Crippen molar-refractivity contribution in [3.63, 3.8) is 0 Å². The molecule has 0 saturated heterocycles. The Kier molecular flexibility index (Phi) is 2.55. The molecule has 0 fully saturated rings. The molecule has 74 valence electrons. The first-order chi connectivity index (χ1) is 6.72. The Hall–Kier alpha value is -0.890. The molecule has 0 aliphatic rings. The third-order valence-electron chi connectivity index (χ3n) is 2.49. The summed E-state index contributed by atoms with van der Waals surface area (Å²) in [7, 11) is 0. The number of aromatic nitrogens is 1. The topological polar surface area (TPSA) is 3.88 Å². The Morgan fingerprint density at radius 2 is 2.07 bits per heavy atom.